The third-order valence-electron chi connectivity index (χ3n) is 4.59. The zero-order chi connectivity index (χ0) is 21.0. The Morgan fingerprint density at radius 2 is 2.13 bits per heavy atom. The molecular weight excluding hydrogens is 533 g/mol. The Morgan fingerprint density at radius 1 is 1.29 bits per heavy atom. The summed E-state index contributed by atoms with van der Waals surface area (Å²) in [5, 5.41) is 11.2. The fourth-order valence-electron chi connectivity index (χ4n) is 3.05. The molecule has 0 amide bonds. The van der Waals surface area contributed by atoms with E-state index in [1.165, 1.54) is 0 Å². The van der Waals surface area contributed by atoms with Crippen LogP contribution in [0.25, 0.3) is 11.4 Å². The Balaban J connectivity index is 0.00000341. The highest BCUT2D eigenvalue weighted by Gasteiger charge is 2.14. The van der Waals surface area contributed by atoms with Gasteiger partial charge in [-0.05, 0) is 50.5 Å². The maximum Gasteiger partial charge on any atom is 0.228 e. The predicted molar refractivity (Wildman–Crippen MR) is 132 cm³/mol. The van der Waals surface area contributed by atoms with Crippen LogP contribution in [-0.2, 0) is 15.9 Å². The van der Waals surface area contributed by atoms with Crippen molar-refractivity contribution in [3.8, 4) is 11.4 Å². The van der Waals surface area contributed by atoms with E-state index in [0.717, 1.165) is 43.9 Å². The highest BCUT2D eigenvalue weighted by molar-refractivity contribution is 14.0. The highest BCUT2D eigenvalue weighted by atomic mass is 127. The minimum absolute atomic E-state index is 0. The van der Waals surface area contributed by atoms with Gasteiger partial charge in [-0.3, -0.25) is 4.99 Å². The summed E-state index contributed by atoms with van der Waals surface area (Å²) in [6, 6.07) is 7.35. The van der Waals surface area contributed by atoms with Gasteiger partial charge in [-0.25, -0.2) is 0 Å². The normalized spacial score (nSPS) is 16.2. The molecule has 10 heteroatoms. The number of aliphatic imine (C=N–C) groups is 1. The maximum absolute atomic E-state index is 5.91. The van der Waals surface area contributed by atoms with Crippen LogP contribution in [0.2, 0.25) is 5.02 Å². The molecule has 1 aromatic carbocycles. The van der Waals surface area contributed by atoms with Gasteiger partial charge in [0.2, 0.25) is 11.7 Å². The molecule has 8 nitrogen and oxygen atoms in total. The molecular formula is C21H31ClIN5O3. The van der Waals surface area contributed by atoms with Crippen LogP contribution >= 0.6 is 35.6 Å². The second-order valence-corrected chi connectivity index (χ2v) is 7.46. The number of guanidine groups is 1. The van der Waals surface area contributed by atoms with Crippen LogP contribution in [0.15, 0.2) is 33.8 Å². The van der Waals surface area contributed by atoms with Crippen LogP contribution in [0.3, 0.4) is 0 Å². The third-order valence-corrected chi connectivity index (χ3v) is 4.84. The van der Waals surface area contributed by atoms with Crippen molar-refractivity contribution in [1.82, 2.24) is 20.8 Å². The van der Waals surface area contributed by atoms with Crippen molar-refractivity contribution in [2.75, 3.05) is 39.5 Å². The summed E-state index contributed by atoms with van der Waals surface area (Å²) in [5.41, 5.74) is 0.874. The number of nitrogens with one attached hydrogen (secondary N) is 2. The quantitative estimate of drug-likeness (QED) is 0.186. The van der Waals surface area contributed by atoms with Crippen molar-refractivity contribution < 1.29 is 14.0 Å². The Morgan fingerprint density at radius 3 is 2.87 bits per heavy atom. The SMILES string of the molecule is CCNC(=NCCCOCC1CCCO1)NCCc1nc(-c2ccc(Cl)cc2)no1.I. The molecule has 31 heavy (non-hydrogen) atoms. The summed E-state index contributed by atoms with van der Waals surface area (Å²) in [4.78, 5) is 9.01. The lowest BCUT2D eigenvalue weighted by molar-refractivity contribution is 0.0171. The smallest absolute Gasteiger partial charge is 0.228 e. The molecule has 1 unspecified atom stereocenters. The van der Waals surface area contributed by atoms with Crippen molar-refractivity contribution >= 4 is 41.5 Å². The first-order valence-electron chi connectivity index (χ1n) is 10.5. The van der Waals surface area contributed by atoms with Gasteiger partial charge in [-0.2, -0.15) is 4.98 Å². The van der Waals surface area contributed by atoms with E-state index < -0.39 is 0 Å². The predicted octanol–water partition coefficient (Wildman–Crippen LogP) is 3.69. The average Bonchev–Trinajstić information content (AvgIpc) is 3.43. The topological polar surface area (TPSA) is 93.8 Å². The molecule has 1 fully saturated rings. The van der Waals surface area contributed by atoms with E-state index in [4.69, 9.17) is 25.6 Å². The molecule has 0 bridgehead atoms. The molecule has 172 valence electrons. The molecule has 0 spiro atoms. The van der Waals surface area contributed by atoms with Crippen molar-refractivity contribution in [2.45, 2.75) is 38.7 Å². The largest absolute Gasteiger partial charge is 0.379 e. The number of hydrogen-bond donors (Lipinski definition) is 2. The van der Waals surface area contributed by atoms with Gasteiger partial charge in [0.05, 0.1) is 12.7 Å². The molecule has 2 heterocycles. The lowest BCUT2D eigenvalue weighted by Gasteiger charge is -2.11. The Bertz CT molecular complexity index is 782. The van der Waals surface area contributed by atoms with Crippen LogP contribution in [0.4, 0.5) is 0 Å². The van der Waals surface area contributed by atoms with Gasteiger partial charge in [0.25, 0.3) is 0 Å². The Kier molecular flexibility index (Phi) is 12.2. The van der Waals surface area contributed by atoms with Gasteiger partial charge in [-0.1, -0.05) is 16.8 Å². The summed E-state index contributed by atoms with van der Waals surface area (Å²) in [5.74, 6) is 1.91. The van der Waals surface area contributed by atoms with Gasteiger partial charge in [0, 0.05) is 49.9 Å². The number of halogens is 2. The molecule has 0 saturated carbocycles. The number of ether oxygens (including phenoxy) is 2. The third kappa shape index (κ3) is 9.30. The molecule has 1 aliphatic heterocycles. The van der Waals surface area contributed by atoms with Crippen molar-refractivity contribution in [2.24, 2.45) is 4.99 Å². The van der Waals surface area contributed by atoms with E-state index >= 15 is 0 Å². The van der Waals surface area contributed by atoms with Gasteiger partial charge in [0.15, 0.2) is 5.96 Å². The fourth-order valence-corrected chi connectivity index (χ4v) is 3.18. The van der Waals surface area contributed by atoms with E-state index in [-0.39, 0.29) is 30.1 Å². The first-order valence-corrected chi connectivity index (χ1v) is 10.9. The van der Waals surface area contributed by atoms with E-state index in [9.17, 15) is 0 Å². The number of nitrogens with zero attached hydrogens (tertiary/aromatic N) is 3. The summed E-state index contributed by atoms with van der Waals surface area (Å²) in [6.07, 6.45) is 4.00. The van der Waals surface area contributed by atoms with Gasteiger partial charge >= 0.3 is 0 Å². The van der Waals surface area contributed by atoms with Crippen molar-refractivity contribution in [3.63, 3.8) is 0 Å². The standard InChI is InChI=1S/C21H30ClN5O3.HI/c1-2-23-21(24-11-4-13-28-15-18-5-3-14-29-18)25-12-10-19-26-20(27-30-19)16-6-8-17(22)9-7-16;/h6-9,18H,2-5,10-15H2,1H3,(H2,23,24,25);1H. The zero-order valence-electron chi connectivity index (χ0n) is 17.8. The summed E-state index contributed by atoms with van der Waals surface area (Å²) in [7, 11) is 0. The zero-order valence-corrected chi connectivity index (χ0v) is 20.9. The molecule has 0 aliphatic carbocycles. The van der Waals surface area contributed by atoms with Gasteiger partial charge < -0.3 is 24.6 Å². The number of hydrogen-bond acceptors (Lipinski definition) is 6. The molecule has 1 aromatic heterocycles. The lowest BCUT2D eigenvalue weighted by Crippen LogP contribution is -2.38. The van der Waals surface area contributed by atoms with Crippen LogP contribution in [0.5, 0.6) is 0 Å². The molecule has 1 saturated heterocycles. The van der Waals surface area contributed by atoms with Crippen LogP contribution in [0, 0.1) is 0 Å². The fraction of sp³-hybridized carbons (Fsp3) is 0.571. The summed E-state index contributed by atoms with van der Waals surface area (Å²) in [6.45, 7) is 6.41. The Hall–Kier alpha value is -1.43. The molecule has 1 atom stereocenters. The minimum Gasteiger partial charge on any atom is -0.379 e. The van der Waals surface area contributed by atoms with Crippen molar-refractivity contribution in [1.29, 1.82) is 0 Å². The minimum atomic E-state index is 0. The lowest BCUT2D eigenvalue weighted by atomic mass is 10.2. The van der Waals surface area contributed by atoms with Crippen LogP contribution in [-0.4, -0.2) is 61.7 Å². The van der Waals surface area contributed by atoms with Crippen LogP contribution in [0.1, 0.15) is 32.1 Å². The number of aromatic nitrogens is 2. The van der Waals surface area contributed by atoms with E-state index in [1.807, 2.05) is 19.1 Å². The number of benzene rings is 1. The van der Waals surface area contributed by atoms with E-state index in [0.29, 0.717) is 49.5 Å². The maximum atomic E-state index is 5.91. The first-order chi connectivity index (χ1) is 14.7. The summed E-state index contributed by atoms with van der Waals surface area (Å²) >= 11 is 5.91. The second kappa shape index (κ2) is 14.6. The van der Waals surface area contributed by atoms with E-state index in [1.54, 1.807) is 12.1 Å². The number of rotatable bonds is 11. The first kappa shape index (κ1) is 25.8. The Labute approximate surface area is 205 Å². The monoisotopic (exact) mass is 563 g/mol. The highest BCUT2D eigenvalue weighted by Crippen LogP contribution is 2.18. The second-order valence-electron chi connectivity index (χ2n) is 7.02. The molecule has 0 radical (unpaired) electrons. The van der Waals surface area contributed by atoms with E-state index in [2.05, 4.69) is 25.8 Å². The summed E-state index contributed by atoms with van der Waals surface area (Å²) < 4.78 is 16.6. The molecule has 2 aromatic rings. The van der Waals surface area contributed by atoms with Crippen molar-refractivity contribution in [3.05, 3.63) is 35.2 Å². The van der Waals surface area contributed by atoms with Gasteiger partial charge in [-0.15, -0.1) is 24.0 Å². The van der Waals surface area contributed by atoms with Gasteiger partial charge in [0.1, 0.15) is 0 Å². The molecule has 3 rings (SSSR count). The van der Waals surface area contributed by atoms with Crippen LogP contribution < -0.4 is 10.6 Å². The molecule has 1 aliphatic rings. The molecule has 2 N–H and O–H groups in total. The average molecular weight is 564 g/mol.